The number of rotatable bonds is 7. The molecular weight excluding hydrogens is 392 g/mol. The number of sulfonamides is 1. The van der Waals surface area contributed by atoms with Crippen LogP contribution in [0.5, 0.6) is 0 Å². The van der Waals surface area contributed by atoms with Gasteiger partial charge in [0.15, 0.2) is 0 Å². The predicted octanol–water partition coefficient (Wildman–Crippen LogP) is 1.75. The molecule has 0 aliphatic heterocycles. The van der Waals surface area contributed by atoms with Gasteiger partial charge in [0.1, 0.15) is 6.54 Å². The Kier molecular flexibility index (Phi) is 6.31. The van der Waals surface area contributed by atoms with E-state index in [4.69, 9.17) is 0 Å². The number of methoxy groups -OCH3 is 2. The summed E-state index contributed by atoms with van der Waals surface area (Å²) in [6.07, 6.45) is 0. The average Bonchev–Trinajstić information content (AvgIpc) is 2.71. The largest absolute Gasteiger partial charge is 0.468 e. The second kappa shape index (κ2) is 8.48. The number of nitrogens with zero attached hydrogens (tertiary/aromatic N) is 2. The molecular formula is C17H16N2O8S. The molecule has 148 valence electrons. The molecule has 0 aromatic heterocycles. The van der Waals surface area contributed by atoms with Gasteiger partial charge < -0.3 is 9.47 Å². The second-order valence-electron chi connectivity index (χ2n) is 5.38. The van der Waals surface area contributed by atoms with Crippen LogP contribution in [0, 0.1) is 10.1 Å². The molecule has 2 aromatic rings. The highest BCUT2D eigenvalue weighted by molar-refractivity contribution is 7.92. The van der Waals surface area contributed by atoms with Gasteiger partial charge in [-0.2, -0.15) is 0 Å². The summed E-state index contributed by atoms with van der Waals surface area (Å²) in [6.45, 7) is -0.702. The lowest BCUT2D eigenvalue weighted by Crippen LogP contribution is -2.36. The first-order valence-corrected chi connectivity index (χ1v) is 9.17. The highest BCUT2D eigenvalue weighted by atomic mass is 32.2. The molecule has 2 aromatic carbocycles. The molecule has 0 amide bonds. The molecule has 11 heteroatoms. The number of nitro benzene ring substituents is 1. The lowest BCUT2D eigenvalue weighted by molar-refractivity contribution is -0.385. The Morgan fingerprint density at radius 1 is 1.07 bits per heavy atom. The molecule has 0 saturated carbocycles. The average molecular weight is 408 g/mol. The standard InChI is InChI=1S/C17H16N2O8S/c1-26-16(20)11-18(13-6-3-5-12(9-13)17(21)27-2)28(24,25)15-8-4-7-14(10-15)19(22)23/h3-10H,11H2,1-2H3. The minimum atomic E-state index is -4.39. The molecule has 28 heavy (non-hydrogen) atoms. The lowest BCUT2D eigenvalue weighted by Gasteiger charge is -2.23. The number of carbonyl (C=O) groups is 2. The van der Waals surface area contributed by atoms with Crippen molar-refractivity contribution in [1.82, 2.24) is 0 Å². The fourth-order valence-corrected chi connectivity index (χ4v) is 3.73. The fourth-order valence-electron chi connectivity index (χ4n) is 2.29. The molecule has 0 fully saturated rings. The third-order valence-electron chi connectivity index (χ3n) is 3.67. The number of hydrogen-bond donors (Lipinski definition) is 0. The number of non-ortho nitro benzene ring substituents is 1. The number of nitro groups is 1. The van der Waals surface area contributed by atoms with E-state index in [1.165, 1.54) is 37.4 Å². The molecule has 0 N–H and O–H groups in total. The van der Waals surface area contributed by atoms with Crippen molar-refractivity contribution in [2.45, 2.75) is 4.90 Å². The van der Waals surface area contributed by atoms with Gasteiger partial charge in [0.05, 0.1) is 35.3 Å². The van der Waals surface area contributed by atoms with Crippen LogP contribution in [0.25, 0.3) is 0 Å². The Hall–Kier alpha value is -3.47. The number of carbonyl (C=O) groups excluding carboxylic acids is 2. The van der Waals surface area contributed by atoms with Crippen LogP contribution in [0.15, 0.2) is 53.4 Å². The summed E-state index contributed by atoms with van der Waals surface area (Å²) in [6, 6.07) is 9.81. The highest BCUT2D eigenvalue weighted by Gasteiger charge is 2.29. The molecule has 0 bridgehead atoms. The van der Waals surface area contributed by atoms with Gasteiger partial charge >= 0.3 is 11.9 Å². The van der Waals surface area contributed by atoms with E-state index >= 15 is 0 Å². The number of hydrogen-bond acceptors (Lipinski definition) is 8. The monoisotopic (exact) mass is 408 g/mol. The summed E-state index contributed by atoms with van der Waals surface area (Å²) >= 11 is 0. The first kappa shape index (κ1) is 20.8. The van der Waals surface area contributed by atoms with Crippen LogP contribution >= 0.6 is 0 Å². The van der Waals surface area contributed by atoms with Crippen molar-refractivity contribution in [2.24, 2.45) is 0 Å². The zero-order valence-corrected chi connectivity index (χ0v) is 15.7. The number of ether oxygens (including phenoxy) is 2. The Bertz CT molecular complexity index is 1020. The number of esters is 2. The zero-order valence-electron chi connectivity index (χ0n) is 14.9. The predicted molar refractivity (Wildman–Crippen MR) is 97.4 cm³/mol. The van der Waals surface area contributed by atoms with Crippen LogP contribution in [0.2, 0.25) is 0 Å². The van der Waals surface area contributed by atoms with E-state index in [0.717, 1.165) is 25.3 Å². The molecule has 0 unspecified atom stereocenters. The fraction of sp³-hybridized carbons (Fsp3) is 0.176. The smallest absolute Gasteiger partial charge is 0.337 e. The topological polar surface area (TPSA) is 133 Å². The van der Waals surface area contributed by atoms with Crippen LogP contribution in [-0.2, 0) is 24.3 Å². The summed E-state index contributed by atoms with van der Waals surface area (Å²) in [5.41, 5.74) is -0.383. The van der Waals surface area contributed by atoms with Gasteiger partial charge in [-0.1, -0.05) is 12.1 Å². The van der Waals surface area contributed by atoms with Crippen molar-refractivity contribution >= 4 is 33.3 Å². The molecule has 0 spiro atoms. The molecule has 0 aliphatic rings. The second-order valence-corrected chi connectivity index (χ2v) is 7.25. The summed E-state index contributed by atoms with van der Waals surface area (Å²) in [7, 11) is -2.13. The van der Waals surface area contributed by atoms with Crippen LogP contribution in [0.1, 0.15) is 10.4 Å². The Labute approximate surface area is 160 Å². The molecule has 0 atom stereocenters. The maximum absolute atomic E-state index is 13.1. The van der Waals surface area contributed by atoms with E-state index in [-0.39, 0.29) is 11.3 Å². The van der Waals surface area contributed by atoms with E-state index in [9.17, 15) is 28.1 Å². The van der Waals surface area contributed by atoms with Gasteiger partial charge in [-0.15, -0.1) is 0 Å². The van der Waals surface area contributed by atoms with Crippen molar-refractivity contribution in [3.05, 3.63) is 64.2 Å². The lowest BCUT2D eigenvalue weighted by atomic mass is 10.2. The van der Waals surface area contributed by atoms with E-state index in [1.807, 2.05) is 0 Å². The Morgan fingerprint density at radius 2 is 1.75 bits per heavy atom. The Morgan fingerprint density at radius 3 is 2.36 bits per heavy atom. The molecule has 0 aliphatic carbocycles. The SMILES string of the molecule is COC(=O)CN(c1cccc(C(=O)OC)c1)S(=O)(=O)c1cccc([N+](=O)[O-])c1. The maximum Gasteiger partial charge on any atom is 0.337 e. The van der Waals surface area contributed by atoms with Gasteiger partial charge in [-0.3, -0.25) is 19.2 Å². The number of benzene rings is 2. The van der Waals surface area contributed by atoms with Gasteiger partial charge in [-0.05, 0) is 24.3 Å². The number of anilines is 1. The summed E-state index contributed by atoms with van der Waals surface area (Å²) in [4.78, 5) is 33.4. The van der Waals surface area contributed by atoms with Crippen LogP contribution in [-0.4, -0.2) is 46.0 Å². The minimum Gasteiger partial charge on any atom is -0.468 e. The molecule has 0 radical (unpaired) electrons. The molecule has 10 nitrogen and oxygen atoms in total. The van der Waals surface area contributed by atoms with E-state index in [0.29, 0.717) is 4.31 Å². The summed E-state index contributed by atoms with van der Waals surface area (Å²) in [5, 5.41) is 11.0. The van der Waals surface area contributed by atoms with Gasteiger partial charge in [-0.25, -0.2) is 13.2 Å². The van der Waals surface area contributed by atoms with E-state index in [1.54, 1.807) is 0 Å². The third kappa shape index (κ3) is 4.43. The summed E-state index contributed by atoms with van der Waals surface area (Å²) < 4.78 is 36.0. The van der Waals surface area contributed by atoms with E-state index in [2.05, 4.69) is 9.47 Å². The highest BCUT2D eigenvalue weighted by Crippen LogP contribution is 2.27. The quantitative estimate of drug-likeness (QED) is 0.384. The third-order valence-corrected chi connectivity index (χ3v) is 5.44. The first-order chi connectivity index (χ1) is 13.2. The van der Waals surface area contributed by atoms with Gasteiger partial charge in [0, 0.05) is 12.1 Å². The van der Waals surface area contributed by atoms with Crippen molar-refractivity contribution in [2.75, 3.05) is 25.1 Å². The maximum atomic E-state index is 13.1. The normalized spacial score (nSPS) is 10.8. The summed E-state index contributed by atoms with van der Waals surface area (Å²) in [5.74, 6) is -1.56. The van der Waals surface area contributed by atoms with Crippen LogP contribution in [0.3, 0.4) is 0 Å². The van der Waals surface area contributed by atoms with Crippen molar-refractivity contribution < 1.29 is 32.4 Å². The van der Waals surface area contributed by atoms with Crippen LogP contribution < -0.4 is 4.31 Å². The van der Waals surface area contributed by atoms with Gasteiger partial charge in [0.2, 0.25) is 0 Å². The zero-order chi connectivity index (χ0) is 20.9. The van der Waals surface area contributed by atoms with Gasteiger partial charge in [0.25, 0.3) is 15.7 Å². The van der Waals surface area contributed by atoms with E-state index < -0.39 is 44.0 Å². The van der Waals surface area contributed by atoms with Crippen LogP contribution in [0.4, 0.5) is 11.4 Å². The minimum absolute atomic E-state index is 0.0141. The van der Waals surface area contributed by atoms with Crippen molar-refractivity contribution in [1.29, 1.82) is 0 Å². The molecule has 2 rings (SSSR count). The van der Waals surface area contributed by atoms with Crippen molar-refractivity contribution in [3.63, 3.8) is 0 Å². The molecule has 0 saturated heterocycles. The first-order valence-electron chi connectivity index (χ1n) is 7.73. The van der Waals surface area contributed by atoms with Crippen molar-refractivity contribution in [3.8, 4) is 0 Å². The molecule has 0 heterocycles. The Balaban J connectivity index is 2.60.